The summed E-state index contributed by atoms with van der Waals surface area (Å²) in [5.41, 5.74) is 7.02. The summed E-state index contributed by atoms with van der Waals surface area (Å²) in [6, 6.07) is 27.7. The first kappa shape index (κ1) is 63.7. The number of carbonyl (C=O) groups is 4. The molecular formula is C65H72F6N6O7. The lowest BCUT2D eigenvalue weighted by molar-refractivity contribution is -0.145. The first-order valence-electron chi connectivity index (χ1n) is 27.8. The maximum Gasteiger partial charge on any atom is 0.261 e. The highest BCUT2D eigenvalue weighted by Gasteiger charge is 2.44. The van der Waals surface area contributed by atoms with Gasteiger partial charge >= 0.3 is 0 Å². The van der Waals surface area contributed by atoms with Gasteiger partial charge in [0, 0.05) is 37.9 Å². The molecule has 2 aromatic heterocycles. The molecule has 0 aliphatic carbocycles. The molecule has 1 aliphatic heterocycles. The number of amides is 4. The van der Waals surface area contributed by atoms with Crippen LogP contribution < -0.4 is 5.73 Å². The zero-order chi connectivity index (χ0) is 61.4. The van der Waals surface area contributed by atoms with Gasteiger partial charge in [0.05, 0.1) is 40.4 Å². The number of nitrogens with zero attached hydrogens (tertiary/aromatic N) is 5. The molecule has 0 fully saturated rings. The molecule has 13 nitrogen and oxygen atoms in total. The van der Waals surface area contributed by atoms with Crippen molar-refractivity contribution in [3.63, 3.8) is 0 Å². The summed E-state index contributed by atoms with van der Waals surface area (Å²) in [4.78, 5) is 66.9. The molecule has 3 N–H and O–H groups in total. The van der Waals surface area contributed by atoms with Crippen LogP contribution in [0.15, 0.2) is 130 Å². The number of aliphatic hydroxyl groups is 1. The average Bonchev–Trinajstić information content (AvgIpc) is 2.27. The molecule has 3 heterocycles. The molecule has 0 unspecified atom stereocenters. The van der Waals surface area contributed by atoms with Crippen LogP contribution in [-0.2, 0) is 22.4 Å². The molecule has 84 heavy (non-hydrogen) atoms. The molecule has 0 saturated heterocycles. The Morgan fingerprint density at radius 2 is 0.988 bits per heavy atom. The molecule has 7 aromatic rings. The zero-order valence-corrected chi connectivity index (χ0v) is 48.6. The number of oxazole rings is 2. The summed E-state index contributed by atoms with van der Waals surface area (Å²) in [6.45, 7) is 14.5. The minimum atomic E-state index is -1.34. The Kier molecular flexibility index (Phi) is 20.6. The number of halogens is 6. The first-order valence-corrected chi connectivity index (χ1v) is 27.8. The van der Waals surface area contributed by atoms with Gasteiger partial charge in [0.15, 0.2) is 0 Å². The molecule has 446 valence electrons. The average molecular weight is 1160 g/mol. The summed E-state index contributed by atoms with van der Waals surface area (Å²) < 4.78 is 98.0. The standard InChI is InChI=1S/C37H38F3N3O4.C28H34F3N3O3/c1-22(2)34(44)42(18-17-25(21-38)43-35(45)26-13-9-10-14-27(26)36(43)46)32(37(3,4)5)31-30(19-23-11-7-6-8-12-23)47-33(41-31)28-20-24(39)15-16-29(28)40;1-17(35)27(36)34(13-12-20(32)16-29)25(28(2,3)4)24-23(14-18-8-6-5-7-9-18)37-26(33-24)21-15-19(30)10-11-22(21)31/h6-16,20,22,25,32H,17-19,21H2,1-5H3;5-11,15,17,20,25,35H,12-14,16,32H2,1-4H3/t25-,32-;17-,20-,25-/m00/s1. The van der Waals surface area contributed by atoms with Gasteiger partial charge in [0.25, 0.3) is 17.7 Å². The Hall–Kier alpha value is -7.90. The Morgan fingerprint density at radius 3 is 1.37 bits per heavy atom. The molecule has 5 atom stereocenters. The van der Waals surface area contributed by atoms with Crippen LogP contribution in [0.2, 0.25) is 0 Å². The highest BCUT2D eigenvalue weighted by Crippen LogP contribution is 2.44. The number of rotatable bonds is 21. The molecule has 8 rings (SSSR count). The SMILES string of the molecule is CC(C)C(=O)N(CC[C@@H](CF)N1C(=O)c2ccccc2C1=O)[C@@H](c1nc(-c2cc(F)ccc2F)oc1Cc1ccccc1)C(C)(C)C.C[C@H](O)C(=O)N(CC[C@H](N)CF)[C@@H](c1nc(-c2cc(F)ccc2F)oc1Cc1ccccc1)C(C)(C)C. The Morgan fingerprint density at radius 1 is 0.583 bits per heavy atom. The number of benzene rings is 5. The van der Waals surface area contributed by atoms with Gasteiger partial charge in [-0.2, -0.15) is 0 Å². The number of aromatic nitrogens is 2. The van der Waals surface area contributed by atoms with Gasteiger partial charge in [-0.25, -0.2) is 36.3 Å². The van der Waals surface area contributed by atoms with Gasteiger partial charge in [-0.05, 0) is 90.3 Å². The van der Waals surface area contributed by atoms with E-state index < -0.39 is 101 Å². The van der Waals surface area contributed by atoms with Gasteiger partial charge < -0.3 is 29.5 Å². The molecule has 1 aliphatic rings. The topological polar surface area (TPSA) is 176 Å². The molecule has 5 aromatic carbocycles. The number of carbonyl (C=O) groups excluding carboxylic acids is 4. The number of imide groups is 1. The predicted molar refractivity (Wildman–Crippen MR) is 306 cm³/mol. The monoisotopic (exact) mass is 1160 g/mol. The van der Waals surface area contributed by atoms with Crippen molar-refractivity contribution < 1.29 is 59.5 Å². The molecule has 0 radical (unpaired) electrons. The van der Waals surface area contributed by atoms with Crippen LogP contribution in [0, 0.1) is 40.0 Å². The normalized spacial score (nSPS) is 14.4. The lowest BCUT2D eigenvalue weighted by Gasteiger charge is -2.41. The minimum absolute atomic E-state index is 0.0256. The van der Waals surface area contributed by atoms with Crippen LogP contribution in [0.3, 0.4) is 0 Å². The number of aliphatic hydroxyl groups excluding tert-OH is 1. The van der Waals surface area contributed by atoms with E-state index in [2.05, 4.69) is 4.98 Å². The van der Waals surface area contributed by atoms with Gasteiger partial charge in [-0.1, -0.05) is 128 Å². The van der Waals surface area contributed by atoms with E-state index in [1.54, 1.807) is 30.9 Å². The van der Waals surface area contributed by atoms with Gasteiger partial charge in [-0.3, -0.25) is 24.1 Å². The molecule has 0 bridgehead atoms. The van der Waals surface area contributed by atoms with Crippen molar-refractivity contribution in [1.82, 2.24) is 24.7 Å². The van der Waals surface area contributed by atoms with Gasteiger partial charge in [0.1, 0.15) is 65.6 Å². The van der Waals surface area contributed by atoms with Gasteiger partial charge in [0.2, 0.25) is 17.7 Å². The summed E-state index contributed by atoms with van der Waals surface area (Å²) in [7, 11) is 0. The summed E-state index contributed by atoms with van der Waals surface area (Å²) in [5, 5.41) is 10.2. The van der Waals surface area contributed by atoms with Crippen LogP contribution in [0.25, 0.3) is 22.9 Å². The van der Waals surface area contributed by atoms with E-state index in [4.69, 9.17) is 19.6 Å². The van der Waals surface area contributed by atoms with E-state index in [-0.39, 0.29) is 78.7 Å². The minimum Gasteiger partial charge on any atom is -0.440 e. The van der Waals surface area contributed by atoms with Crippen molar-refractivity contribution >= 4 is 23.6 Å². The van der Waals surface area contributed by atoms with Crippen LogP contribution in [0.4, 0.5) is 26.3 Å². The Balaban J connectivity index is 0.000000248. The Labute approximate surface area is 485 Å². The number of fused-ring (bicyclic) bond motifs is 1. The summed E-state index contributed by atoms with van der Waals surface area (Å²) in [6.07, 6.45) is -0.703. The van der Waals surface area contributed by atoms with Crippen LogP contribution in [-0.4, -0.2) is 98.0 Å². The van der Waals surface area contributed by atoms with Crippen molar-refractivity contribution in [2.75, 3.05) is 26.4 Å². The molecule has 0 saturated carbocycles. The lowest BCUT2D eigenvalue weighted by atomic mass is 9.81. The second-order valence-electron chi connectivity index (χ2n) is 23.5. The van der Waals surface area contributed by atoms with Gasteiger partial charge in [-0.15, -0.1) is 0 Å². The first-order chi connectivity index (χ1) is 39.7. The quantitative estimate of drug-likeness (QED) is 0.0520. The van der Waals surface area contributed by atoms with E-state index in [1.165, 1.54) is 24.0 Å². The second kappa shape index (κ2) is 27.2. The molecule has 0 spiro atoms. The van der Waals surface area contributed by atoms with Crippen molar-refractivity contribution in [3.05, 3.63) is 190 Å². The molecule has 4 amide bonds. The van der Waals surface area contributed by atoms with E-state index in [1.807, 2.05) is 102 Å². The van der Waals surface area contributed by atoms with Crippen LogP contribution >= 0.6 is 0 Å². The largest absolute Gasteiger partial charge is 0.440 e. The highest BCUT2D eigenvalue weighted by molar-refractivity contribution is 6.21. The van der Waals surface area contributed by atoms with Crippen molar-refractivity contribution in [2.45, 2.75) is 118 Å². The third-order valence-corrected chi connectivity index (χ3v) is 14.4. The molecule has 19 heteroatoms. The number of nitrogens with two attached hydrogens (primary N) is 1. The van der Waals surface area contributed by atoms with E-state index in [0.717, 1.165) is 52.4 Å². The number of hydrogen-bond acceptors (Lipinski definition) is 10. The van der Waals surface area contributed by atoms with Crippen molar-refractivity contribution in [2.24, 2.45) is 22.5 Å². The summed E-state index contributed by atoms with van der Waals surface area (Å²) >= 11 is 0. The smallest absolute Gasteiger partial charge is 0.261 e. The summed E-state index contributed by atoms with van der Waals surface area (Å²) in [5.74, 6) is -4.78. The maximum absolute atomic E-state index is 15.0. The third-order valence-electron chi connectivity index (χ3n) is 14.4. The third kappa shape index (κ3) is 14.9. The zero-order valence-electron chi connectivity index (χ0n) is 48.6. The fourth-order valence-electron chi connectivity index (χ4n) is 10.4. The van der Waals surface area contributed by atoms with E-state index in [0.29, 0.717) is 22.9 Å². The highest BCUT2D eigenvalue weighted by atomic mass is 19.1. The lowest BCUT2D eigenvalue weighted by Crippen LogP contribution is -2.47. The maximum atomic E-state index is 15.0. The van der Waals surface area contributed by atoms with E-state index in [9.17, 15) is 50.6 Å². The van der Waals surface area contributed by atoms with Crippen molar-refractivity contribution in [1.29, 1.82) is 0 Å². The number of alkyl halides is 2. The predicted octanol–water partition coefficient (Wildman–Crippen LogP) is 13.0. The molecular weight excluding hydrogens is 1090 g/mol. The number of hydrogen-bond donors (Lipinski definition) is 2. The van der Waals surface area contributed by atoms with Crippen LogP contribution in [0.1, 0.15) is 142 Å². The fraction of sp³-hybridized carbons (Fsp3) is 0.385. The fourth-order valence-corrected chi connectivity index (χ4v) is 10.4. The van der Waals surface area contributed by atoms with Crippen LogP contribution in [0.5, 0.6) is 0 Å². The van der Waals surface area contributed by atoms with E-state index >= 15 is 0 Å². The van der Waals surface area contributed by atoms with Crippen molar-refractivity contribution in [3.8, 4) is 22.9 Å². The Bertz CT molecular complexity index is 3380. The second-order valence-corrected chi connectivity index (χ2v) is 23.5.